The highest BCUT2D eigenvalue weighted by molar-refractivity contribution is 7.92. The monoisotopic (exact) mass is 336 g/mol. The highest BCUT2D eigenvalue weighted by Crippen LogP contribution is 2.23. The first-order valence-electron chi connectivity index (χ1n) is 6.40. The summed E-state index contributed by atoms with van der Waals surface area (Å²) in [7, 11) is -4.26. The van der Waals surface area contributed by atoms with Crippen molar-refractivity contribution in [3.8, 4) is 11.4 Å². The predicted octanol–water partition coefficient (Wildman–Crippen LogP) is 2.55. The van der Waals surface area contributed by atoms with Crippen molar-refractivity contribution in [2.24, 2.45) is 0 Å². The molecular formula is C14H10F2N4O2S. The van der Waals surface area contributed by atoms with Gasteiger partial charge in [0.15, 0.2) is 17.5 Å². The van der Waals surface area contributed by atoms with Crippen molar-refractivity contribution in [1.82, 2.24) is 15.2 Å². The van der Waals surface area contributed by atoms with Crippen LogP contribution in [-0.4, -0.2) is 23.6 Å². The molecule has 2 N–H and O–H groups in total. The Kier molecular flexibility index (Phi) is 3.78. The lowest BCUT2D eigenvalue weighted by atomic mass is 10.2. The van der Waals surface area contributed by atoms with Gasteiger partial charge in [0.05, 0.1) is 0 Å². The van der Waals surface area contributed by atoms with E-state index in [1.165, 1.54) is 18.5 Å². The van der Waals surface area contributed by atoms with Crippen LogP contribution >= 0.6 is 0 Å². The van der Waals surface area contributed by atoms with Gasteiger partial charge in [0.25, 0.3) is 10.0 Å². The molecule has 3 aromatic rings. The lowest BCUT2D eigenvalue weighted by Crippen LogP contribution is -2.15. The zero-order chi connectivity index (χ0) is 16.4. The summed E-state index contributed by atoms with van der Waals surface area (Å²) in [5.74, 6) is -2.21. The summed E-state index contributed by atoms with van der Waals surface area (Å²) < 4.78 is 53.5. The fourth-order valence-electron chi connectivity index (χ4n) is 1.98. The third-order valence-electron chi connectivity index (χ3n) is 3.01. The average molecular weight is 336 g/mol. The third-order valence-corrected chi connectivity index (χ3v) is 4.41. The van der Waals surface area contributed by atoms with Crippen molar-refractivity contribution in [3.63, 3.8) is 0 Å². The van der Waals surface area contributed by atoms with Gasteiger partial charge >= 0.3 is 0 Å². The number of hydrogen-bond acceptors (Lipinski definition) is 4. The van der Waals surface area contributed by atoms with E-state index in [1.807, 2.05) is 0 Å². The number of H-pyrrole nitrogens is 1. The van der Waals surface area contributed by atoms with Crippen molar-refractivity contribution in [3.05, 3.63) is 60.4 Å². The molecule has 0 atom stereocenters. The van der Waals surface area contributed by atoms with Gasteiger partial charge < -0.3 is 0 Å². The molecule has 9 heteroatoms. The standard InChI is InChI=1S/C14H10F2N4O2S/c15-11-5-2-6-12(13(11)16)23(21,22)20-10-4-1-3-9(7-10)14-17-8-18-19-14/h1-8,20H,(H,17,18,19). The van der Waals surface area contributed by atoms with Crippen LogP contribution in [0.5, 0.6) is 0 Å². The van der Waals surface area contributed by atoms with Gasteiger partial charge in [0, 0.05) is 11.3 Å². The Morgan fingerprint density at radius 2 is 1.87 bits per heavy atom. The van der Waals surface area contributed by atoms with Crippen molar-refractivity contribution in [2.75, 3.05) is 4.72 Å². The molecule has 0 saturated carbocycles. The second-order valence-corrected chi connectivity index (χ2v) is 6.22. The van der Waals surface area contributed by atoms with Gasteiger partial charge in [-0.05, 0) is 24.3 Å². The number of hydrogen-bond donors (Lipinski definition) is 2. The average Bonchev–Trinajstić information content (AvgIpc) is 3.04. The number of nitrogens with one attached hydrogen (secondary N) is 2. The lowest BCUT2D eigenvalue weighted by Gasteiger charge is -2.10. The van der Waals surface area contributed by atoms with Crippen molar-refractivity contribution < 1.29 is 17.2 Å². The third kappa shape index (κ3) is 3.04. The number of benzene rings is 2. The summed E-state index contributed by atoms with van der Waals surface area (Å²) in [6.07, 6.45) is 1.31. The largest absolute Gasteiger partial charge is 0.280 e. The van der Waals surface area contributed by atoms with Crippen LogP contribution in [0.1, 0.15) is 0 Å². The van der Waals surface area contributed by atoms with Gasteiger partial charge in [-0.25, -0.2) is 22.2 Å². The number of nitrogens with zero attached hydrogens (tertiary/aromatic N) is 2. The quantitative estimate of drug-likeness (QED) is 0.766. The zero-order valence-corrected chi connectivity index (χ0v) is 12.3. The van der Waals surface area contributed by atoms with E-state index in [9.17, 15) is 17.2 Å². The second kappa shape index (κ2) is 5.76. The molecule has 6 nitrogen and oxygen atoms in total. The van der Waals surface area contributed by atoms with Gasteiger partial charge in [-0.2, -0.15) is 5.10 Å². The molecular weight excluding hydrogens is 326 g/mol. The van der Waals surface area contributed by atoms with E-state index >= 15 is 0 Å². The van der Waals surface area contributed by atoms with Crippen LogP contribution in [0, 0.1) is 11.6 Å². The number of sulfonamides is 1. The van der Waals surface area contributed by atoms with Gasteiger partial charge in [-0.3, -0.25) is 9.82 Å². The summed E-state index contributed by atoms with van der Waals surface area (Å²) in [6, 6.07) is 9.22. The van der Waals surface area contributed by atoms with E-state index in [-0.39, 0.29) is 5.69 Å². The molecule has 0 aliphatic heterocycles. The van der Waals surface area contributed by atoms with E-state index in [0.29, 0.717) is 11.4 Å². The lowest BCUT2D eigenvalue weighted by molar-refractivity contribution is 0.485. The number of anilines is 1. The summed E-state index contributed by atoms with van der Waals surface area (Å²) in [5.41, 5.74) is 0.768. The van der Waals surface area contributed by atoms with Crippen LogP contribution in [0.15, 0.2) is 53.7 Å². The molecule has 0 radical (unpaired) electrons. The maximum atomic E-state index is 13.7. The van der Waals surface area contributed by atoms with E-state index in [2.05, 4.69) is 19.9 Å². The van der Waals surface area contributed by atoms with Crippen molar-refractivity contribution in [1.29, 1.82) is 0 Å². The number of aromatic amines is 1. The van der Waals surface area contributed by atoms with Crippen LogP contribution < -0.4 is 4.72 Å². The summed E-state index contributed by atoms with van der Waals surface area (Å²) in [5, 5.41) is 6.35. The molecule has 3 rings (SSSR count). The molecule has 1 heterocycles. The Balaban J connectivity index is 1.95. The van der Waals surface area contributed by atoms with Gasteiger partial charge in [-0.15, -0.1) is 0 Å². The molecule has 0 amide bonds. The first-order valence-corrected chi connectivity index (χ1v) is 7.88. The fraction of sp³-hybridized carbons (Fsp3) is 0. The van der Waals surface area contributed by atoms with E-state index < -0.39 is 26.6 Å². The zero-order valence-electron chi connectivity index (χ0n) is 11.5. The van der Waals surface area contributed by atoms with Crippen LogP contribution in [0.2, 0.25) is 0 Å². The van der Waals surface area contributed by atoms with E-state index in [1.54, 1.807) is 12.1 Å². The van der Waals surface area contributed by atoms with Crippen LogP contribution in [0.3, 0.4) is 0 Å². The van der Waals surface area contributed by atoms with Gasteiger partial charge in [-0.1, -0.05) is 18.2 Å². The molecule has 0 fully saturated rings. The highest BCUT2D eigenvalue weighted by Gasteiger charge is 2.21. The van der Waals surface area contributed by atoms with Crippen LogP contribution in [0.25, 0.3) is 11.4 Å². The Morgan fingerprint density at radius 1 is 1.09 bits per heavy atom. The smallest absolute Gasteiger partial charge is 0.264 e. The van der Waals surface area contributed by atoms with E-state index in [4.69, 9.17) is 0 Å². The van der Waals surface area contributed by atoms with Gasteiger partial charge in [0.1, 0.15) is 11.2 Å². The van der Waals surface area contributed by atoms with Crippen molar-refractivity contribution >= 4 is 15.7 Å². The molecule has 118 valence electrons. The first-order chi connectivity index (χ1) is 11.0. The van der Waals surface area contributed by atoms with E-state index in [0.717, 1.165) is 18.2 Å². The molecule has 23 heavy (non-hydrogen) atoms. The van der Waals surface area contributed by atoms with Gasteiger partial charge in [0.2, 0.25) is 0 Å². The molecule has 0 saturated heterocycles. The summed E-state index contributed by atoms with van der Waals surface area (Å²) in [4.78, 5) is 3.19. The minimum absolute atomic E-state index is 0.183. The first kappa shape index (κ1) is 15.1. The fourth-order valence-corrected chi connectivity index (χ4v) is 3.11. The Morgan fingerprint density at radius 3 is 2.61 bits per heavy atom. The molecule has 0 spiro atoms. The number of rotatable bonds is 4. The maximum Gasteiger partial charge on any atom is 0.264 e. The highest BCUT2D eigenvalue weighted by atomic mass is 32.2. The molecule has 0 aliphatic rings. The maximum absolute atomic E-state index is 13.7. The SMILES string of the molecule is O=S(=O)(Nc1cccc(-c2ncn[nH]2)c1)c1cccc(F)c1F. The summed E-state index contributed by atoms with van der Waals surface area (Å²) in [6.45, 7) is 0. The second-order valence-electron chi connectivity index (χ2n) is 4.57. The van der Waals surface area contributed by atoms with Crippen molar-refractivity contribution in [2.45, 2.75) is 4.90 Å². The molecule has 1 aromatic heterocycles. The predicted molar refractivity (Wildman–Crippen MR) is 79.0 cm³/mol. The minimum Gasteiger partial charge on any atom is -0.280 e. The molecule has 2 aromatic carbocycles. The molecule has 0 unspecified atom stereocenters. The Hall–Kier alpha value is -2.81. The Labute approximate surface area is 130 Å². The number of halogens is 2. The minimum atomic E-state index is -4.26. The molecule has 0 bridgehead atoms. The topological polar surface area (TPSA) is 87.7 Å². The Bertz CT molecular complexity index is 943. The van der Waals surface area contributed by atoms with Crippen LogP contribution in [-0.2, 0) is 10.0 Å². The molecule has 0 aliphatic carbocycles. The van der Waals surface area contributed by atoms with Crippen LogP contribution in [0.4, 0.5) is 14.5 Å². The normalized spacial score (nSPS) is 11.4. The number of aromatic nitrogens is 3. The summed E-state index contributed by atoms with van der Waals surface area (Å²) >= 11 is 0.